The smallest absolute Gasteiger partial charge is 0.413 e. The minimum atomic E-state index is -0.987. The van der Waals surface area contributed by atoms with E-state index in [4.69, 9.17) is 25.8 Å². The van der Waals surface area contributed by atoms with Gasteiger partial charge in [0.2, 0.25) is 0 Å². The molecule has 0 aliphatic carbocycles. The van der Waals surface area contributed by atoms with Gasteiger partial charge >= 0.3 is 6.09 Å². The number of amides is 3. The Morgan fingerprint density at radius 2 is 1.81 bits per heavy atom. The van der Waals surface area contributed by atoms with E-state index < -0.39 is 47.2 Å². The highest BCUT2D eigenvalue weighted by Gasteiger charge is 2.50. The maximum atomic E-state index is 15.0. The molecule has 1 fully saturated rings. The molecule has 1 aliphatic rings. The molecule has 1 aromatic carbocycles. The fraction of sp³-hybridized carbons (Fsp3) is 0.517. The Hall–Kier alpha value is -3.64. The lowest BCUT2D eigenvalue weighted by molar-refractivity contribution is -0.0760. The molecule has 1 aliphatic heterocycles. The molecule has 1 saturated heterocycles. The van der Waals surface area contributed by atoms with Crippen molar-refractivity contribution in [3.05, 3.63) is 52.1 Å². The first-order valence-electron chi connectivity index (χ1n) is 13.6. The Morgan fingerprint density at radius 3 is 2.40 bits per heavy atom. The van der Waals surface area contributed by atoms with Gasteiger partial charge in [-0.15, -0.1) is 0 Å². The second-order valence-corrected chi connectivity index (χ2v) is 12.2. The predicted octanol–water partition coefficient (Wildman–Crippen LogP) is 5.22. The number of carbonyl (C=O) groups excluding carboxylic acids is 3. The van der Waals surface area contributed by atoms with Crippen LogP contribution in [0.3, 0.4) is 0 Å². The summed E-state index contributed by atoms with van der Waals surface area (Å²) in [6, 6.07) is 4.88. The fourth-order valence-electron chi connectivity index (χ4n) is 4.46. The first-order valence-corrected chi connectivity index (χ1v) is 13.9. The highest BCUT2D eigenvalue weighted by molar-refractivity contribution is 6.34. The minimum Gasteiger partial charge on any atom is -0.488 e. The Morgan fingerprint density at radius 1 is 1.17 bits per heavy atom. The molecule has 0 radical (unpaired) electrons. The normalized spacial score (nSPS) is 18.0. The van der Waals surface area contributed by atoms with E-state index >= 15 is 4.39 Å². The van der Waals surface area contributed by atoms with Crippen molar-refractivity contribution in [2.75, 3.05) is 11.9 Å². The number of nitrogens with one attached hydrogen (secondary N) is 3. The average molecular weight is 608 g/mol. The van der Waals surface area contributed by atoms with Crippen LogP contribution in [0, 0.1) is 12.7 Å². The van der Waals surface area contributed by atoms with Gasteiger partial charge in [0.05, 0.1) is 34.1 Å². The maximum absolute atomic E-state index is 15.0. The quantitative estimate of drug-likeness (QED) is 0.365. The minimum absolute atomic E-state index is 0.0804. The van der Waals surface area contributed by atoms with Crippen LogP contribution in [-0.2, 0) is 9.47 Å². The summed E-state index contributed by atoms with van der Waals surface area (Å²) >= 11 is 6.28. The number of nitrogens with zero attached hydrogens (tertiary/aromatic N) is 2. The molecular weight excluding hydrogens is 569 g/mol. The van der Waals surface area contributed by atoms with Gasteiger partial charge in [-0.1, -0.05) is 11.6 Å². The van der Waals surface area contributed by atoms with Gasteiger partial charge in [-0.2, -0.15) is 0 Å². The van der Waals surface area contributed by atoms with Gasteiger partial charge in [-0.05, 0) is 80.5 Å². The van der Waals surface area contributed by atoms with Crippen molar-refractivity contribution in [3.8, 4) is 5.75 Å². The molecule has 0 spiro atoms. The third-order valence-corrected chi connectivity index (χ3v) is 6.56. The van der Waals surface area contributed by atoms with Crippen molar-refractivity contribution in [2.24, 2.45) is 0 Å². The number of rotatable bonds is 7. The summed E-state index contributed by atoms with van der Waals surface area (Å²) < 4.78 is 32.2. The molecule has 0 saturated carbocycles. The molecule has 0 bridgehead atoms. The zero-order chi connectivity index (χ0) is 31.6. The van der Waals surface area contributed by atoms with E-state index in [2.05, 4.69) is 21.2 Å². The standard InChI is InChI=1S/C29H39ClFN5O6/c1-15(2)32-21-10-11-22(33-16(21)3)26(38)35-34-25(37)18-12-20(31)24(13-19(18)30)40-14-23-17(4)41-29(8,9)36(23)27(39)42-28(5,6)7/h10-13,15,17,23,32H,14H2,1-9H3,(H,34,37)(H,35,38)/t17-,23+/m1/s1. The number of halogens is 2. The van der Waals surface area contributed by atoms with Gasteiger partial charge in [0, 0.05) is 12.1 Å². The van der Waals surface area contributed by atoms with Crippen LogP contribution in [-0.4, -0.2) is 63.9 Å². The molecular formula is C29H39ClFN5O6. The summed E-state index contributed by atoms with van der Waals surface area (Å²) in [4.78, 5) is 43.8. The molecule has 3 rings (SSSR count). The summed E-state index contributed by atoms with van der Waals surface area (Å²) in [5.74, 6) is -2.60. The summed E-state index contributed by atoms with van der Waals surface area (Å²) in [6.07, 6.45) is -1.03. The highest BCUT2D eigenvalue weighted by atomic mass is 35.5. The van der Waals surface area contributed by atoms with Gasteiger partial charge in [0.1, 0.15) is 23.6 Å². The van der Waals surface area contributed by atoms with Crippen molar-refractivity contribution in [1.82, 2.24) is 20.7 Å². The second kappa shape index (κ2) is 12.7. The van der Waals surface area contributed by atoms with Crippen molar-refractivity contribution >= 4 is 35.2 Å². The van der Waals surface area contributed by atoms with E-state index in [1.54, 1.807) is 54.5 Å². The van der Waals surface area contributed by atoms with E-state index in [9.17, 15) is 14.4 Å². The average Bonchev–Trinajstić information content (AvgIpc) is 3.09. The summed E-state index contributed by atoms with van der Waals surface area (Å²) in [7, 11) is 0. The zero-order valence-electron chi connectivity index (χ0n) is 25.3. The molecule has 3 N–H and O–H groups in total. The van der Waals surface area contributed by atoms with E-state index in [-0.39, 0.29) is 34.7 Å². The van der Waals surface area contributed by atoms with Crippen molar-refractivity contribution in [3.63, 3.8) is 0 Å². The first-order chi connectivity index (χ1) is 19.4. The van der Waals surface area contributed by atoms with Crippen LogP contribution < -0.4 is 20.9 Å². The monoisotopic (exact) mass is 607 g/mol. The van der Waals surface area contributed by atoms with Gasteiger partial charge in [0.25, 0.3) is 11.8 Å². The van der Waals surface area contributed by atoms with Crippen LogP contribution in [0.2, 0.25) is 5.02 Å². The van der Waals surface area contributed by atoms with E-state index in [0.717, 1.165) is 17.8 Å². The largest absolute Gasteiger partial charge is 0.488 e. The molecule has 0 unspecified atom stereocenters. The van der Waals surface area contributed by atoms with Crippen LogP contribution in [0.1, 0.15) is 81.9 Å². The molecule has 230 valence electrons. The zero-order valence-corrected chi connectivity index (χ0v) is 26.1. The molecule has 42 heavy (non-hydrogen) atoms. The van der Waals surface area contributed by atoms with Gasteiger partial charge in [0.15, 0.2) is 11.6 Å². The molecule has 2 heterocycles. The molecule has 2 aromatic rings. The number of anilines is 1. The third kappa shape index (κ3) is 8.01. The van der Waals surface area contributed by atoms with E-state index in [1.165, 1.54) is 11.0 Å². The SMILES string of the molecule is Cc1nc(C(=O)NNC(=O)c2cc(F)c(OC[C@H]3[C@@H](C)OC(C)(C)N3C(=O)OC(C)(C)C)cc2Cl)ccc1NC(C)C. The van der Waals surface area contributed by atoms with Crippen LogP contribution in [0.15, 0.2) is 24.3 Å². The third-order valence-electron chi connectivity index (χ3n) is 6.25. The number of aromatic nitrogens is 1. The number of pyridine rings is 1. The lowest BCUT2D eigenvalue weighted by Gasteiger charge is -2.35. The number of aryl methyl sites for hydroxylation is 1. The Kier molecular flexibility index (Phi) is 9.94. The molecule has 11 nitrogen and oxygen atoms in total. The first kappa shape index (κ1) is 32.9. The maximum Gasteiger partial charge on any atom is 0.413 e. The topological polar surface area (TPSA) is 131 Å². The summed E-state index contributed by atoms with van der Waals surface area (Å²) in [6.45, 7) is 16.1. The number of hydrogen-bond acceptors (Lipinski definition) is 8. The molecule has 13 heteroatoms. The van der Waals surface area contributed by atoms with Crippen LogP contribution in [0.25, 0.3) is 0 Å². The van der Waals surface area contributed by atoms with E-state index in [0.29, 0.717) is 5.69 Å². The molecule has 1 aromatic heterocycles. The van der Waals surface area contributed by atoms with Gasteiger partial charge < -0.3 is 19.5 Å². The lowest BCUT2D eigenvalue weighted by atomic mass is 10.1. The van der Waals surface area contributed by atoms with Gasteiger partial charge in [-0.3, -0.25) is 25.3 Å². The number of hydrogen-bond donors (Lipinski definition) is 3. The van der Waals surface area contributed by atoms with Crippen LogP contribution in [0.5, 0.6) is 5.75 Å². The fourth-order valence-corrected chi connectivity index (χ4v) is 4.70. The number of carbonyl (C=O) groups is 3. The van der Waals surface area contributed by atoms with Crippen molar-refractivity contribution in [1.29, 1.82) is 0 Å². The number of hydrazine groups is 1. The lowest BCUT2D eigenvalue weighted by Crippen LogP contribution is -2.52. The Labute approximate surface area is 250 Å². The van der Waals surface area contributed by atoms with Crippen LogP contribution >= 0.6 is 11.6 Å². The Bertz CT molecular complexity index is 1350. The van der Waals surface area contributed by atoms with Crippen molar-refractivity contribution < 1.29 is 33.0 Å². The van der Waals surface area contributed by atoms with E-state index in [1.807, 2.05) is 13.8 Å². The number of benzene rings is 1. The molecule has 3 amide bonds. The van der Waals surface area contributed by atoms with Crippen molar-refractivity contribution in [2.45, 2.75) is 91.8 Å². The second-order valence-electron chi connectivity index (χ2n) is 11.8. The van der Waals surface area contributed by atoms with Crippen LogP contribution in [0.4, 0.5) is 14.9 Å². The Balaban J connectivity index is 1.67. The summed E-state index contributed by atoms with van der Waals surface area (Å²) in [5.41, 5.74) is 4.01. The highest BCUT2D eigenvalue weighted by Crippen LogP contribution is 2.35. The van der Waals surface area contributed by atoms with Gasteiger partial charge in [-0.25, -0.2) is 14.2 Å². The summed E-state index contributed by atoms with van der Waals surface area (Å²) in [5, 5.41) is 3.10. The molecule has 2 atom stereocenters. The number of ether oxygens (including phenoxy) is 3. The predicted molar refractivity (Wildman–Crippen MR) is 156 cm³/mol.